The Kier molecular flexibility index (Phi) is 4.53. The van der Waals surface area contributed by atoms with E-state index in [4.69, 9.17) is 10.5 Å². The molecule has 1 aromatic carbocycles. The van der Waals surface area contributed by atoms with Gasteiger partial charge < -0.3 is 15.4 Å². The van der Waals surface area contributed by atoms with Crippen molar-refractivity contribution in [2.24, 2.45) is 10.7 Å². The second-order valence-corrected chi connectivity index (χ2v) is 5.61. The van der Waals surface area contributed by atoms with E-state index >= 15 is 0 Å². The van der Waals surface area contributed by atoms with E-state index in [-0.39, 0.29) is 12.1 Å². The van der Waals surface area contributed by atoms with Crippen LogP contribution in [0.25, 0.3) is 0 Å². The third-order valence-corrected chi connectivity index (χ3v) is 3.73. The number of rotatable bonds is 5. The highest BCUT2D eigenvalue weighted by atomic mass is 16.5. The SMILES string of the molecule is CCC(C)N1C(N)=NCC1c1ccc(OC(C)C)cc1. The Morgan fingerprint density at radius 3 is 2.50 bits per heavy atom. The molecular formula is C16H25N3O. The summed E-state index contributed by atoms with van der Waals surface area (Å²) in [6.45, 7) is 9.17. The number of benzene rings is 1. The molecule has 1 heterocycles. The largest absolute Gasteiger partial charge is 0.491 e. The van der Waals surface area contributed by atoms with Gasteiger partial charge in [-0.3, -0.25) is 4.99 Å². The van der Waals surface area contributed by atoms with Crippen LogP contribution in [0.2, 0.25) is 0 Å². The summed E-state index contributed by atoms with van der Waals surface area (Å²) in [4.78, 5) is 6.62. The van der Waals surface area contributed by atoms with Crippen LogP contribution in [0.15, 0.2) is 29.3 Å². The Labute approximate surface area is 121 Å². The van der Waals surface area contributed by atoms with Gasteiger partial charge >= 0.3 is 0 Å². The molecule has 1 aromatic rings. The highest BCUT2D eigenvalue weighted by Crippen LogP contribution is 2.29. The van der Waals surface area contributed by atoms with Crippen LogP contribution in [-0.2, 0) is 0 Å². The van der Waals surface area contributed by atoms with Crippen molar-refractivity contribution < 1.29 is 4.74 Å². The molecule has 0 saturated carbocycles. The van der Waals surface area contributed by atoms with Crippen LogP contribution in [0.1, 0.15) is 45.7 Å². The minimum atomic E-state index is 0.197. The molecular weight excluding hydrogens is 250 g/mol. The van der Waals surface area contributed by atoms with Gasteiger partial charge in [0.2, 0.25) is 0 Å². The molecule has 20 heavy (non-hydrogen) atoms. The number of hydrogen-bond acceptors (Lipinski definition) is 4. The van der Waals surface area contributed by atoms with Crippen LogP contribution >= 0.6 is 0 Å². The van der Waals surface area contributed by atoms with Crippen LogP contribution < -0.4 is 10.5 Å². The van der Waals surface area contributed by atoms with E-state index in [0.29, 0.717) is 12.0 Å². The van der Waals surface area contributed by atoms with Crippen molar-refractivity contribution >= 4 is 5.96 Å². The Balaban J connectivity index is 2.15. The van der Waals surface area contributed by atoms with Gasteiger partial charge in [0.15, 0.2) is 5.96 Å². The minimum Gasteiger partial charge on any atom is -0.491 e. The topological polar surface area (TPSA) is 50.8 Å². The molecule has 0 radical (unpaired) electrons. The van der Waals surface area contributed by atoms with Gasteiger partial charge in [0.25, 0.3) is 0 Å². The Bertz CT molecular complexity index is 467. The maximum absolute atomic E-state index is 6.03. The maximum atomic E-state index is 6.03. The van der Waals surface area contributed by atoms with Crippen LogP contribution in [0, 0.1) is 0 Å². The zero-order valence-electron chi connectivity index (χ0n) is 12.8. The van der Waals surface area contributed by atoms with Crippen molar-refractivity contribution in [3.63, 3.8) is 0 Å². The van der Waals surface area contributed by atoms with E-state index in [9.17, 15) is 0 Å². The van der Waals surface area contributed by atoms with Crippen molar-refractivity contribution in [2.75, 3.05) is 6.54 Å². The zero-order chi connectivity index (χ0) is 14.7. The van der Waals surface area contributed by atoms with E-state index in [2.05, 4.69) is 35.9 Å². The summed E-state index contributed by atoms with van der Waals surface area (Å²) >= 11 is 0. The third kappa shape index (κ3) is 3.06. The van der Waals surface area contributed by atoms with E-state index in [1.807, 2.05) is 26.0 Å². The van der Waals surface area contributed by atoms with Gasteiger partial charge in [-0.2, -0.15) is 0 Å². The highest BCUT2D eigenvalue weighted by Gasteiger charge is 2.30. The maximum Gasteiger partial charge on any atom is 0.192 e. The Morgan fingerprint density at radius 2 is 1.95 bits per heavy atom. The van der Waals surface area contributed by atoms with Crippen LogP contribution in [-0.4, -0.2) is 29.6 Å². The highest BCUT2D eigenvalue weighted by molar-refractivity contribution is 5.80. The van der Waals surface area contributed by atoms with Gasteiger partial charge in [0.05, 0.1) is 18.7 Å². The lowest BCUT2D eigenvalue weighted by atomic mass is 10.0. The molecule has 110 valence electrons. The van der Waals surface area contributed by atoms with E-state index < -0.39 is 0 Å². The number of ether oxygens (including phenoxy) is 1. The third-order valence-electron chi connectivity index (χ3n) is 3.73. The van der Waals surface area contributed by atoms with Crippen LogP contribution in [0.5, 0.6) is 5.75 Å². The summed E-state index contributed by atoms with van der Waals surface area (Å²) in [6, 6.07) is 8.94. The second kappa shape index (κ2) is 6.16. The molecule has 0 amide bonds. The molecule has 0 fully saturated rings. The normalized spacial score (nSPS) is 20.1. The Hall–Kier alpha value is -1.71. The molecule has 2 rings (SSSR count). The van der Waals surface area contributed by atoms with Crippen LogP contribution in [0.4, 0.5) is 0 Å². The van der Waals surface area contributed by atoms with Crippen LogP contribution in [0.3, 0.4) is 0 Å². The molecule has 0 aromatic heterocycles. The molecule has 0 aliphatic carbocycles. The molecule has 4 nitrogen and oxygen atoms in total. The molecule has 4 heteroatoms. The number of aliphatic imine (C=N–C) groups is 1. The fraction of sp³-hybridized carbons (Fsp3) is 0.562. The van der Waals surface area contributed by atoms with Crippen molar-refractivity contribution in [2.45, 2.75) is 52.3 Å². The van der Waals surface area contributed by atoms with Crippen molar-refractivity contribution in [3.8, 4) is 5.75 Å². The summed E-state index contributed by atoms with van der Waals surface area (Å²) in [7, 11) is 0. The van der Waals surface area contributed by atoms with Crippen molar-refractivity contribution in [1.82, 2.24) is 4.90 Å². The van der Waals surface area contributed by atoms with E-state index in [1.165, 1.54) is 5.56 Å². The van der Waals surface area contributed by atoms with Crippen molar-refractivity contribution in [3.05, 3.63) is 29.8 Å². The first-order chi connectivity index (χ1) is 9.52. The van der Waals surface area contributed by atoms with Gasteiger partial charge in [-0.05, 0) is 44.9 Å². The van der Waals surface area contributed by atoms with Gasteiger partial charge in [0, 0.05) is 6.04 Å². The first-order valence-electron chi connectivity index (χ1n) is 7.37. The minimum absolute atomic E-state index is 0.197. The van der Waals surface area contributed by atoms with E-state index in [1.54, 1.807) is 0 Å². The van der Waals surface area contributed by atoms with Crippen molar-refractivity contribution in [1.29, 1.82) is 0 Å². The van der Waals surface area contributed by atoms with Gasteiger partial charge in [-0.15, -0.1) is 0 Å². The molecule has 0 bridgehead atoms. The summed E-state index contributed by atoms with van der Waals surface area (Å²) in [6.07, 6.45) is 1.25. The lowest BCUT2D eigenvalue weighted by molar-refractivity contribution is 0.241. The summed E-state index contributed by atoms with van der Waals surface area (Å²) in [5.74, 6) is 1.57. The summed E-state index contributed by atoms with van der Waals surface area (Å²) < 4.78 is 5.68. The summed E-state index contributed by atoms with van der Waals surface area (Å²) in [5, 5.41) is 0. The molecule has 2 unspecified atom stereocenters. The molecule has 1 aliphatic heterocycles. The average molecular weight is 275 g/mol. The molecule has 0 saturated heterocycles. The predicted octanol–water partition coefficient (Wildman–Crippen LogP) is 2.94. The standard InChI is InChI=1S/C16H25N3O/c1-5-12(4)19-15(10-18-16(19)17)13-6-8-14(9-7-13)20-11(2)3/h6-9,11-12,15H,5,10H2,1-4H3,(H2,17,18). The fourth-order valence-corrected chi connectivity index (χ4v) is 2.55. The first kappa shape index (κ1) is 14.7. The second-order valence-electron chi connectivity index (χ2n) is 5.61. The number of guanidine groups is 1. The number of nitrogens with zero attached hydrogens (tertiary/aromatic N) is 2. The lowest BCUT2D eigenvalue weighted by Gasteiger charge is -2.32. The molecule has 1 aliphatic rings. The molecule has 2 N–H and O–H groups in total. The fourth-order valence-electron chi connectivity index (χ4n) is 2.55. The quantitative estimate of drug-likeness (QED) is 0.899. The zero-order valence-corrected chi connectivity index (χ0v) is 12.8. The monoisotopic (exact) mass is 275 g/mol. The molecule has 0 spiro atoms. The lowest BCUT2D eigenvalue weighted by Crippen LogP contribution is -2.42. The number of hydrogen-bond donors (Lipinski definition) is 1. The average Bonchev–Trinajstić information content (AvgIpc) is 2.80. The van der Waals surface area contributed by atoms with Gasteiger partial charge in [-0.25, -0.2) is 0 Å². The Morgan fingerprint density at radius 1 is 1.30 bits per heavy atom. The van der Waals surface area contributed by atoms with Gasteiger partial charge in [0.1, 0.15) is 5.75 Å². The first-order valence-corrected chi connectivity index (χ1v) is 7.37. The van der Waals surface area contributed by atoms with E-state index in [0.717, 1.165) is 18.7 Å². The predicted molar refractivity (Wildman–Crippen MR) is 83.0 cm³/mol. The smallest absolute Gasteiger partial charge is 0.192 e. The summed E-state index contributed by atoms with van der Waals surface area (Å²) in [5.41, 5.74) is 7.27. The number of nitrogens with two attached hydrogens (primary N) is 1. The van der Waals surface area contributed by atoms with Gasteiger partial charge in [-0.1, -0.05) is 19.1 Å². The molecule has 2 atom stereocenters.